The summed E-state index contributed by atoms with van der Waals surface area (Å²) >= 11 is 0. The number of hydrogen-bond donors (Lipinski definition) is 1. The molecule has 1 heterocycles. The minimum absolute atomic E-state index is 0.0568. The lowest BCUT2D eigenvalue weighted by Crippen LogP contribution is -2.26. The van der Waals surface area contributed by atoms with Crippen molar-refractivity contribution in [3.63, 3.8) is 0 Å². The van der Waals surface area contributed by atoms with Crippen molar-refractivity contribution in [1.82, 2.24) is 4.72 Å². The van der Waals surface area contributed by atoms with Crippen LogP contribution in [0.5, 0.6) is 17.2 Å². The Bertz CT molecular complexity index is 823. The average molecular weight is 367 g/mol. The van der Waals surface area contributed by atoms with Crippen molar-refractivity contribution in [2.75, 3.05) is 19.2 Å². The number of rotatable bonds is 8. The monoisotopic (exact) mass is 367 g/mol. The van der Waals surface area contributed by atoms with Gasteiger partial charge in [0.25, 0.3) is 0 Å². The van der Waals surface area contributed by atoms with Crippen molar-refractivity contribution in [2.45, 2.75) is 13.0 Å². The number of ether oxygens (including phenoxy) is 3. The van der Waals surface area contributed by atoms with Crippen LogP contribution in [-0.4, -0.2) is 27.6 Å². The topological polar surface area (TPSA) is 73.9 Å². The third-order valence-corrected chi connectivity index (χ3v) is 4.99. The Morgan fingerprint density at radius 3 is 2.64 bits per heavy atom. The molecule has 0 aliphatic carbocycles. The van der Waals surface area contributed by atoms with Crippen LogP contribution in [0.1, 0.15) is 12.0 Å². The Balaban J connectivity index is 1.40. The summed E-state index contributed by atoms with van der Waals surface area (Å²) in [6.45, 7) is 0.583. The van der Waals surface area contributed by atoms with Crippen molar-refractivity contribution in [3.8, 4) is 17.2 Å². The summed E-state index contributed by atoms with van der Waals surface area (Å²) < 4.78 is 55.2. The second-order valence-corrected chi connectivity index (χ2v) is 7.41. The molecule has 25 heavy (non-hydrogen) atoms. The normalized spacial score (nSPS) is 13.0. The summed E-state index contributed by atoms with van der Waals surface area (Å²) in [6.07, 6.45) is 0.340. The molecule has 2 aromatic carbocycles. The summed E-state index contributed by atoms with van der Waals surface area (Å²) in [6, 6.07) is 10.9. The molecule has 0 saturated carbocycles. The number of benzene rings is 2. The Morgan fingerprint density at radius 2 is 1.84 bits per heavy atom. The molecule has 0 aromatic heterocycles. The number of nitrogens with one attached hydrogen (secondary N) is 1. The van der Waals surface area contributed by atoms with E-state index in [-0.39, 0.29) is 31.5 Å². The zero-order valence-corrected chi connectivity index (χ0v) is 14.2. The van der Waals surface area contributed by atoms with Gasteiger partial charge in [-0.25, -0.2) is 17.5 Å². The summed E-state index contributed by atoms with van der Waals surface area (Å²) in [5, 5.41) is 0. The van der Waals surface area contributed by atoms with Crippen LogP contribution in [0.4, 0.5) is 4.39 Å². The van der Waals surface area contributed by atoms with Crippen LogP contribution in [0, 0.1) is 5.82 Å². The fourth-order valence-electron chi connectivity index (χ4n) is 2.27. The van der Waals surface area contributed by atoms with Crippen molar-refractivity contribution in [2.24, 2.45) is 0 Å². The van der Waals surface area contributed by atoms with E-state index in [1.807, 2.05) is 0 Å². The maximum absolute atomic E-state index is 12.8. The summed E-state index contributed by atoms with van der Waals surface area (Å²) in [7, 11) is -3.42. The molecule has 2 aromatic rings. The summed E-state index contributed by atoms with van der Waals surface area (Å²) in [5.41, 5.74) is 0.696. The van der Waals surface area contributed by atoms with Gasteiger partial charge in [0.05, 0.1) is 12.4 Å². The van der Waals surface area contributed by atoms with Crippen LogP contribution in [0.3, 0.4) is 0 Å². The molecule has 0 amide bonds. The van der Waals surface area contributed by atoms with Gasteiger partial charge in [0, 0.05) is 12.6 Å². The fourth-order valence-corrected chi connectivity index (χ4v) is 3.30. The highest BCUT2D eigenvalue weighted by Gasteiger charge is 2.14. The van der Waals surface area contributed by atoms with Gasteiger partial charge in [0.2, 0.25) is 16.8 Å². The maximum Gasteiger partial charge on any atom is 0.231 e. The van der Waals surface area contributed by atoms with Crippen LogP contribution < -0.4 is 18.9 Å². The van der Waals surface area contributed by atoms with Gasteiger partial charge in [0.1, 0.15) is 11.6 Å². The van der Waals surface area contributed by atoms with Crippen LogP contribution in [-0.2, 0) is 16.6 Å². The first-order valence-corrected chi connectivity index (χ1v) is 9.41. The lowest BCUT2D eigenvalue weighted by Gasteiger charge is -2.09. The predicted octanol–water partition coefficient (Wildman–Crippen LogP) is 2.44. The van der Waals surface area contributed by atoms with E-state index in [0.29, 0.717) is 29.2 Å². The van der Waals surface area contributed by atoms with E-state index >= 15 is 0 Å². The molecular formula is C17H18FNO5S. The van der Waals surface area contributed by atoms with Crippen molar-refractivity contribution < 1.29 is 27.0 Å². The maximum atomic E-state index is 12.8. The minimum Gasteiger partial charge on any atom is -0.493 e. The first-order chi connectivity index (χ1) is 12.0. The van der Waals surface area contributed by atoms with E-state index in [0.717, 1.165) is 0 Å². The molecule has 134 valence electrons. The lowest BCUT2D eigenvalue weighted by atomic mass is 10.2. The van der Waals surface area contributed by atoms with Gasteiger partial charge < -0.3 is 14.2 Å². The molecule has 0 spiro atoms. The second-order valence-electron chi connectivity index (χ2n) is 5.48. The van der Waals surface area contributed by atoms with E-state index in [1.165, 1.54) is 12.1 Å². The van der Waals surface area contributed by atoms with Crippen molar-refractivity contribution in [3.05, 3.63) is 53.8 Å². The molecule has 3 rings (SSSR count). The highest BCUT2D eigenvalue weighted by Crippen LogP contribution is 2.35. The molecule has 0 radical (unpaired) electrons. The predicted molar refractivity (Wildman–Crippen MR) is 89.7 cm³/mol. The second kappa shape index (κ2) is 7.71. The Kier molecular flexibility index (Phi) is 5.40. The largest absolute Gasteiger partial charge is 0.493 e. The summed E-state index contributed by atoms with van der Waals surface area (Å²) in [5.74, 6) is 1.47. The molecule has 0 bridgehead atoms. The zero-order valence-electron chi connectivity index (χ0n) is 13.4. The standard InChI is InChI=1S/C17H18FNO5S/c18-14-4-2-13(3-5-14)11-19-25(20,21)9-1-8-22-15-6-7-16-17(10-15)24-12-23-16/h2-7,10,19H,1,8-9,11-12H2. The molecule has 0 unspecified atom stereocenters. The Morgan fingerprint density at radius 1 is 1.08 bits per heavy atom. The van der Waals surface area contributed by atoms with E-state index < -0.39 is 10.0 Å². The van der Waals surface area contributed by atoms with Crippen molar-refractivity contribution >= 4 is 10.0 Å². The van der Waals surface area contributed by atoms with Gasteiger partial charge in [-0.1, -0.05) is 12.1 Å². The van der Waals surface area contributed by atoms with Crippen molar-refractivity contribution in [1.29, 1.82) is 0 Å². The molecule has 8 heteroatoms. The van der Waals surface area contributed by atoms with Gasteiger partial charge in [-0.05, 0) is 36.2 Å². The number of halogens is 1. The molecular weight excluding hydrogens is 349 g/mol. The number of fused-ring (bicyclic) bond motifs is 1. The smallest absolute Gasteiger partial charge is 0.231 e. The van der Waals surface area contributed by atoms with Gasteiger partial charge in [-0.15, -0.1) is 0 Å². The quantitative estimate of drug-likeness (QED) is 0.726. The molecule has 1 N–H and O–H groups in total. The SMILES string of the molecule is O=S(=O)(CCCOc1ccc2c(c1)OCO2)NCc1ccc(F)cc1. The van der Waals surface area contributed by atoms with E-state index in [2.05, 4.69) is 4.72 Å². The van der Waals surface area contributed by atoms with Gasteiger partial charge in [-0.2, -0.15) is 0 Å². The van der Waals surface area contributed by atoms with E-state index in [4.69, 9.17) is 14.2 Å². The minimum atomic E-state index is -3.42. The van der Waals surface area contributed by atoms with E-state index in [9.17, 15) is 12.8 Å². The molecule has 1 aliphatic heterocycles. The van der Waals surface area contributed by atoms with Crippen LogP contribution in [0.15, 0.2) is 42.5 Å². The summed E-state index contributed by atoms with van der Waals surface area (Å²) in [4.78, 5) is 0. The molecule has 0 fully saturated rings. The number of sulfonamides is 1. The number of hydrogen-bond acceptors (Lipinski definition) is 5. The zero-order chi connectivity index (χ0) is 17.7. The first kappa shape index (κ1) is 17.5. The van der Waals surface area contributed by atoms with Gasteiger partial charge >= 0.3 is 0 Å². The third-order valence-electron chi connectivity index (χ3n) is 3.58. The lowest BCUT2D eigenvalue weighted by molar-refractivity contribution is 0.173. The Hall–Kier alpha value is -2.32. The van der Waals surface area contributed by atoms with Gasteiger partial charge in [0.15, 0.2) is 11.5 Å². The molecule has 0 atom stereocenters. The fraction of sp³-hybridized carbons (Fsp3) is 0.294. The van der Waals surface area contributed by atoms with Crippen LogP contribution >= 0.6 is 0 Å². The van der Waals surface area contributed by atoms with E-state index in [1.54, 1.807) is 30.3 Å². The Labute approximate surface area is 145 Å². The third kappa shape index (κ3) is 5.07. The average Bonchev–Trinajstić information content (AvgIpc) is 3.06. The molecule has 6 nitrogen and oxygen atoms in total. The highest BCUT2D eigenvalue weighted by atomic mass is 32.2. The van der Waals surface area contributed by atoms with Gasteiger partial charge in [-0.3, -0.25) is 0 Å². The van der Waals surface area contributed by atoms with Crippen LogP contribution in [0.2, 0.25) is 0 Å². The van der Waals surface area contributed by atoms with Crippen LogP contribution in [0.25, 0.3) is 0 Å². The molecule has 0 saturated heterocycles. The first-order valence-electron chi connectivity index (χ1n) is 7.76. The highest BCUT2D eigenvalue weighted by molar-refractivity contribution is 7.89. The molecule has 1 aliphatic rings.